The molecular formula is C34H34N4O6S. The Morgan fingerprint density at radius 1 is 0.911 bits per heavy atom. The maximum absolute atomic E-state index is 13.4. The van der Waals surface area contributed by atoms with E-state index >= 15 is 0 Å². The van der Waals surface area contributed by atoms with Crippen molar-refractivity contribution in [1.29, 1.82) is 0 Å². The van der Waals surface area contributed by atoms with Crippen LogP contribution in [-0.4, -0.2) is 66.5 Å². The van der Waals surface area contributed by atoms with Crippen LogP contribution in [-0.2, 0) is 9.59 Å². The van der Waals surface area contributed by atoms with Crippen LogP contribution in [0.2, 0.25) is 0 Å². The molecule has 10 nitrogen and oxygen atoms in total. The molecular weight excluding hydrogens is 592 g/mol. The van der Waals surface area contributed by atoms with Crippen molar-refractivity contribution in [2.45, 2.75) is 19.4 Å². The minimum atomic E-state index is -1.04. The van der Waals surface area contributed by atoms with Crippen LogP contribution in [0.5, 0.6) is 5.75 Å². The minimum absolute atomic E-state index is 0.00672. The van der Waals surface area contributed by atoms with Gasteiger partial charge >= 0.3 is 5.97 Å². The Kier molecular flexibility index (Phi) is 10.1. The fourth-order valence-corrected chi connectivity index (χ4v) is 5.77. The van der Waals surface area contributed by atoms with Crippen molar-refractivity contribution in [3.8, 4) is 5.75 Å². The van der Waals surface area contributed by atoms with Crippen LogP contribution in [0, 0.1) is 6.92 Å². The number of aryl methyl sites for hydroxylation is 1. The maximum atomic E-state index is 13.4. The zero-order chi connectivity index (χ0) is 31.8. The second-order valence-corrected chi connectivity index (χ2v) is 11.6. The van der Waals surface area contributed by atoms with E-state index in [-0.39, 0.29) is 24.5 Å². The van der Waals surface area contributed by atoms with Crippen molar-refractivity contribution in [1.82, 2.24) is 10.2 Å². The van der Waals surface area contributed by atoms with Crippen molar-refractivity contribution in [3.05, 3.63) is 112 Å². The normalized spacial score (nSPS) is 13.5. The smallest absolute Gasteiger partial charge is 0.305 e. The zero-order valence-corrected chi connectivity index (χ0v) is 25.6. The summed E-state index contributed by atoms with van der Waals surface area (Å²) < 4.78 is 5.62. The fraction of sp³-hybridized carbons (Fsp3) is 0.235. The summed E-state index contributed by atoms with van der Waals surface area (Å²) in [5.41, 5.74) is 3.06. The van der Waals surface area contributed by atoms with Crippen LogP contribution in [0.3, 0.4) is 0 Å². The van der Waals surface area contributed by atoms with Crippen LogP contribution in [0.1, 0.15) is 43.6 Å². The Labute approximate surface area is 265 Å². The Hall–Kier alpha value is -5.16. The van der Waals surface area contributed by atoms with Gasteiger partial charge in [0.1, 0.15) is 5.75 Å². The number of rotatable bonds is 11. The molecule has 1 aliphatic heterocycles. The van der Waals surface area contributed by atoms with Gasteiger partial charge in [0.15, 0.2) is 6.61 Å². The first-order chi connectivity index (χ1) is 21.8. The molecule has 3 amide bonds. The molecule has 0 spiro atoms. The number of carbonyl (C=O) groups is 4. The van der Waals surface area contributed by atoms with E-state index in [1.165, 1.54) is 11.3 Å². The van der Waals surface area contributed by atoms with E-state index in [9.17, 15) is 24.3 Å². The van der Waals surface area contributed by atoms with Gasteiger partial charge in [-0.3, -0.25) is 19.2 Å². The van der Waals surface area contributed by atoms with Gasteiger partial charge in [-0.25, -0.2) is 0 Å². The number of carboxylic acids is 1. The van der Waals surface area contributed by atoms with E-state index in [4.69, 9.17) is 4.74 Å². The minimum Gasteiger partial charge on any atom is -0.484 e. The van der Waals surface area contributed by atoms with Crippen LogP contribution in [0.15, 0.2) is 90.3 Å². The number of nitrogens with one attached hydrogen (secondary N) is 2. The molecule has 1 aromatic heterocycles. The number of hydrogen-bond donors (Lipinski definition) is 3. The summed E-state index contributed by atoms with van der Waals surface area (Å²) in [5, 5.41) is 17.1. The van der Waals surface area contributed by atoms with Crippen LogP contribution >= 0.6 is 11.3 Å². The summed E-state index contributed by atoms with van der Waals surface area (Å²) in [6.07, 6.45) is -0.290. The predicted molar refractivity (Wildman–Crippen MR) is 173 cm³/mol. The van der Waals surface area contributed by atoms with Crippen molar-refractivity contribution in [3.63, 3.8) is 0 Å². The highest BCUT2D eigenvalue weighted by Gasteiger charge is 2.26. The lowest BCUT2D eigenvalue weighted by molar-refractivity contribution is -0.137. The molecule has 0 saturated carbocycles. The van der Waals surface area contributed by atoms with Gasteiger partial charge in [-0.05, 0) is 54.3 Å². The third kappa shape index (κ3) is 8.27. The predicted octanol–water partition coefficient (Wildman–Crippen LogP) is 4.98. The molecule has 2 heterocycles. The molecule has 1 saturated heterocycles. The summed E-state index contributed by atoms with van der Waals surface area (Å²) in [5.74, 6) is -1.39. The summed E-state index contributed by atoms with van der Waals surface area (Å²) in [6.45, 7) is 3.74. The van der Waals surface area contributed by atoms with Crippen LogP contribution in [0.25, 0.3) is 0 Å². The van der Waals surface area contributed by atoms with Crippen LogP contribution < -0.4 is 20.3 Å². The molecule has 11 heteroatoms. The molecule has 0 bridgehead atoms. The van der Waals surface area contributed by atoms with Gasteiger partial charge in [-0.1, -0.05) is 54.1 Å². The second kappa shape index (κ2) is 14.5. The lowest BCUT2D eigenvalue weighted by Crippen LogP contribution is -2.48. The number of thiophene rings is 1. The Balaban J connectivity index is 1.35. The number of ether oxygens (including phenoxy) is 1. The topological polar surface area (TPSA) is 128 Å². The number of carbonyl (C=O) groups excluding carboxylic acids is 3. The first-order valence-electron chi connectivity index (χ1n) is 14.6. The van der Waals surface area contributed by atoms with E-state index in [0.717, 1.165) is 5.56 Å². The molecule has 232 valence electrons. The van der Waals surface area contributed by atoms with Gasteiger partial charge < -0.3 is 30.3 Å². The molecule has 1 unspecified atom stereocenters. The molecule has 1 aliphatic rings. The molecule has 0 radical (unpaired) electrons. The van der Waals surface area contributed by atoms with E-state index in [1.54, 1.807) is 42.5 Å². The highest BCUT2D eigenvalue weighted by Crippen LogP contribution is 2.30. The SMILES string of the molecule is Cc1ccc(C(CC(=O)O)NC(=O)c2ccc(N3CCN(C(=O)c4cccs4)CC3)c(NC(=O)COc3ccccc3)c2)cc1. The van der Waals surface area contributed by atoms with Crippen molar-refractivity contribution in [2.24, 2.45) is 0 Å². The number of aliphatic carboxylic acids is 1. The van der Waals surface area contributed by atoms with Gasteiger partial charge in [0, 0.05) is 31.7 Å². The molecule has 45 heavy (non-hydrogen) atoms. The summed E-state index contributed by atoms with van der Waals surface area (Å²) >= 11 is 1.41. The third-order valence-corrected chi connectivity index (χ3v) is 8.31. The molecule has 3 aromatic carbocycles. The van der Waals surface area contributed by atoms with Crippen molar-refractivity contribution < 1.29 is 29.0 Å². The Morgan fingerprint density at radius 2 is 1.64 bits per heavy atom. The Bertz CT molecular complexity index is 1640. The second-order valence-electron chi connectivity index (χ2n) is 10.7. The first-order valence-corrected chi connectivity index (χ1v) is 15.4. The number of piperazine rings is 1. The standard InChI is InChI=1S/C34H34N4O6S/c1-23-9-11-24(12-10-23)27(21-32(40)41)36-33(42)25-13-14-29(28(20-25)35-31(39)22-44-26-6-3-2-4-7-26)37-15-17-38(18-16-37)34(43)30-8-5-19-45-30/h2-14,19-20,27H,15-18,21-22H2,1H3,(H,35,39)(H,36,42)(H,40,41). The van der Waals surface area contributed by atoms with E-state index in [0.29, 0.717) is 53.7 Å². The maximum Gasteiger partial charge on any atom is 0.305 e. The summed E-state index contributed by atoms with van der Waals surface area (Å²) in [7, 11) is 0. The average Bonchev–Trinajstić information content (AvgIpc) is 3.59. The molecule has 5 rings (SSSR count). The van der Waals surface area contributed by atoms with E-state index in [1.807, 2.05) is 59.7 Å². The largest absolute Gasteiger partial charge is 0.484 e. The number of benzene rings is 3. The quantitative estimate of drug-likeness (QED) is 0.214. The fourth-order valence-electron chi connectivity index (χ4n) is 5.08. The highest BCUT2D eigenvalue weighted by molar-refractivity contribution is 7.12. The Morgan fingerprint density at radius 3 is 2.31 bits per heavy atom. The monoisotopic (exact) mass is 626 g/mol. The zero-order valence-electron chi connectivity index (χ0n) is 24.8. The number of anilines is 2. The molecule has 1 fully saturated rings. The number of hydrogen-bond acceptors (Lipinski definition) is 7. The van der Waals surface area contributed by atoms with Crippen molar-refractivity contribution >= 4 is 46.4 Å². The lowest BCUT2D eigenvalue weighted by Gasteiger charge is -2.37. The molecule has 4 aromatic rings. The van der Waals surface area contributed by atoms with Gasteiger partial charge in [0.25, 0.3) is 17.7 Å². The van der Waals surface area contributed by atoms with E-state index in [2.05, 4.69) is 15.5 Å². The summed E-state index contributed by atoms with van der Waals surface area (Å²) in [6, 6.07) is 24.2. The summed E-state index contributed by atoms with van der Waals surface area (Å²) in [4.78, 5) is 55.5. The third-order valence-electron chi connectivity index (χ3n) is 7.45. The van der Waals surface area contributed by atoms with Gasteiger partial charge in [0.2, 0.25) is 0 Å². The van der Waals surface area contributed by atoms with Gasteiger partial charge in [0.05, 0.1) is 28.7 Å². The lowest BCUT2D eigenvalue weighted by atomic mass is 10.0. The molecule has 0 aliphatic carbocycles. The molecule has 3 N–H and O–H groups in total. The molecule has 1 atom stereocenters. The number of nitrogens with zero attached hydrogens (tertiary/aromatic N) is 2. The van der Waals surface area contributed by atoms with Gasteiger partial charge in [-0.15, -0.1) is 11.3 Å². The number of para-hydroxylation sites is 1. The number of amides is 3. The van der Waals surface area contributed by atoms with Crippen molar-refractivity contribution in [2.75, 3.05) is 43.0 Å². The average molecular weight is 627 g/mol. The first kappa shape index (κ1) is 31.3. The van der Waals surface area contributed by atoms with Crippen LogP contribution in [0.4, 0.5) is 11.4 Å². The van der Waals surface area contributed by atoms with E-state index < -0.39 is 23.8 Å². The van der Waals surface area contributed by atoms with Gasteiger partial charge in [-0.2, -0.15) is 0 Å². The highest BCUT2D eigenvalue weighted by atomic mass is 32.1. The number of carboxylic acid groups (broad SMARTS) is 1.